The van der Waals surface area contributed by atoms with Gasteiger partial charge in [-0.1, -0.05) is 35.3 Å². The van der Waals surface area contributed by atoms with Crippen molar-refractivity contribution in [3.8, 4) is 11.5 Å². The molecule has 1 atom stereocenters. The number of aromatic hydroxyl groups is 1. The van der Waals surface area contributed by atoms with Crippen LogP contribution in [-0.4, -0.2) is 47.1 Å². The zero-order chi connectivity index (χ0) is 25.8. The van der Waals surface area contributed by atoms with Gasteiger partial charge in [-0.05, 0) is 48.7 Å². The van der Waals surface area contributed by atoms with E-state index in [0.717, 1.165) is 5.56 Å². The third-order valence-corrected chi connectivity index (χ3v) is 5.00. The summed E-state index contributed by atoms with van der Waals surface area (Å²) in [6.45, 7) is -0.0511. The molecule has 0 saturated carbocycles. The van der Waals surface area contributed by atoms with Gasteiger partial charge in [0, 0.05) is 18.1 Å². The van der Waals surface area contributed by atoms with E-state index in [2.05, 4.69) is 21.1 Å². The molecule has 0 radical (unpaired) electrons. The molecule has 0 aliphatic rings. The molecule has 0 saturated heterocycles. The monoisotopic (exact) mass is 526 g/mol. The van der Waals surface area contributed by atoms with Crippen molar-refractivity contribution in [3.05, 3.63) is 68.2 Å². The molecule has 2 amide bonds. The molecule has 2 rings (SSSR count). The Hall–Kier alpha value is -3.77. The van der Waals surface area contributed by atoms with Crippen molar-refractivity contribution >= 4 is 41.0 Å². The molecule has 0 spiro atoms. The van der Waals surface area contributed by atoms with Crippen LogP contribution in [0.5, 0.6) is 11.5 Å². The number of phenolic OH excluding ortho intramolecular Hbond substituents is 1. The first-order valence-corrected chi connectivity index (χ1v) is 11.0. The van der Waals surface area contributed by atoms with Crippen molar-refractivity contribution in [2.75, 3.05) is 13.2 Å². The molecule has 0 aliphatic heterocycles. The summed E-state index contributed by atoms with van der Waals surface area (Å²) in [5, 5.41) is 30.2. The lowest BCUT2D eigenvalue weighted by Gasteiger charge is -2.19. The molecule has 12 nitrogen and oxygen atoms in total. The van der Waals surface area contributed by atoms with E-state index in [4.69, 9.17) is 33.7 Å². The van der Waals surface area contributed by atoms with Gasteiger partial charge in [0.25, 0.3) is 11.9 Å². The summed E-state index contributed by atoms with van der Waals surface area (Å²) in [4.78, 5) is 35.5. The number of carbonyl (C=O) groups is 2. The highest BCUT2D eigenvalue weighted by molar-refractivity contribution is 6.35. The average molecular weight is 527 g/mol. The molecule has 0 bridgehead atoms. The summed E-state index contributed by atoms with van der Waals surface area (Å²) in [5.74, 6) is -1.05. The van der Waals surface area contributed by atoms with E-state index >= 15 is 0 Å². The molecule has 2 aromatic carbocycles. The molecule has 0 aliphatic carbocycles. The number of guanidine groups is 1. The SMILES string of the molecule is N/C(=N/[N+](=O)[O-])NCCC[C@@H](NC(=O)COc1ccc(Cl)cc1Cl)C(=O)NCc1ccc(O)cc1. The number of nitro groups is 1. The second-order valence-corrected chi connectivity index (χ2v) is 8.00. The van der Waals surface area contributed by atoms with Crippen molar-refractivity contribution in [2.45, 2.75) is 25.4 Å². The van der Waals surface area contributed by atoms with E-state index in [1.54, 1.807) is 18.2 Å². The molecular formula is C21H24Cl2N6O6. The standard InChI is InChI=1S/C21H24Cl2N6O6/c22-14-5-8-18(16(23)10-14)35-12-19(31)27-17(2-1-9-25-21(24)28-29(33)34)20(32)26-11-13-3-6-15(30)7-4-13/h3-8,10,17,30H,1-2,9,11-12H2,(H,26,32)(H,27,31)(H3,24,25,28)/t17-/m1/s1. The van der Waals surface area contributed by atoms with Gasteiger partial charge in [-0.2, -0.15) is 0 Å². The maximum absolute atomic E-state index is 12.7. The van der Waals surface area contributed by atoms with Gasteiger partial charge in [-0.15, -0.1) is 0 Å². The third-order valence-electron chi connectivity index (χ3n) is 4.47. The molecule has 2 aromatic rings. The van der Waals surface area contributed by atoms with Crippen LogP contribution in [0, 0.1) is 10.1 Å². The van der Waals surface area contributed by atoms with Crippen LogP contribution in [-0.2, 0) is 16.1 Å². The second kappa shape index (κ2) is 13.8. The first-order chi connectivity index (χ1) is 16.6. The van der Waals surface area contributed by atoms with Gasteiger partial charge in [0.05, 0.1) is 5.02 Å². The van der Waals surface area contributed by atoms with E-state index < -0.39 is 29.5 Å². The molecule has 0 fully saturated rings. The number of nitrogens with zero attached hydrogens (tertiary/aromatic N) is 2. The predicted molar refractivity (Wildman–Crippen MR) is 130 cm³/mol. The number of hydrogen-bond donors (Lipinski definition) is 5. The van der Waals surface area contributed by atoms with Crippen LogP contribution in [0.3, 0.4) is 0 Å². The Morgan fingerprint density at radius 2 is 1.89 bits per heavy atom. The van der Waals surface area contributed by atoms with Crippen LogP contribution < -0.4 is 26.4 Å². The van der Waals surface area contributed by atoms with E-state index in [1.165, 1.54) is 24.3 Å². The van der Waals surface area contributed by atoms with E-state index in [0.29, 0.717) is 11.4 Å². The van der Waals surface area contributed by atoms with Crippen molar-refractivity contribution in [1.82, 2.24) is 16.0 Å². The Balaban J connectivity index is 1.94. The largest absolute Gasteiger partial charge is 0.508 e. The molecule has 14 heteroatoms. The minimum absolute atomic E-state index is 0.0957. The van der Waals surface area contributed by atoms with E-state index in [1.807, 2.05) is 0 Å². The molecular weight excluding hydrogens is 503 g/mol. The fourth-order valence-electron chi connectivity index (χ4n) is 2.81. The zero-order valence-electron chi connectivity index (χ0n) is 18.4. The maximum Gasteiger partial charge on any atom is 0.266 e. The molecule has 0 unspecified atom stereocenters. The van der Waals surface area contributed by atoms with Crippen LogP contribution in [0.4, 0.5) is 0 Å². The van der Waals surface area contributed by atoms with Crippen LogP contribution >= 0.6 is 23.2 Å². The Labute approximate surface area is 210 Å². The van der Waals surface area contributed by atoms with Crippen LogP contribution in [0.15, 0.2) is 47.6 Å². The van der Waals surface area contributed by atoms with Gasteiger partial charge < -0.3 is 31.5 Å². The minimum Gasteiger partial charge on any atom is -0.508 e. The molecule has 0 heterocycles. The molecule has 0 aromatic heterocycles. The number of ether oxygens (including phenoxy) is 1. The van der Waals surface area contributed by atoms with E-state index in [-0.39, 0.29) is 42.0 Å². The fraction of sp³-hybridized carbons (Fsp3) is 0.286. The summed E-state index contributed by atoms with van der Waals surface area (Å²) >= 11 is 11.9. The summed E-state index contributed by atoms with van der Waals surface area (Å²) in [5.41, 5.74) is 6.11. The van der Waals surface area contributed by atoms with Crippen LogP contribution in [0.2, 0.25) is 10.0 Å². The number of hydrazone groups is 1. The summed E-state index contributed by atoms with van der Waals surface area (Å²) in [7, 11) is 0. The number of carbonyl (C=O) groups excluding carboxylic acids is 2. The summed E-state index contributed by atoms with van der Waals surface area (Å²) in [6, 6.07) is 9.88. The van der Waals surface area contributed by atoms with Crippen LogP contribution in [0.1, 0.15) is 18.4 Å². The minimum atomic E-state index is -0.935. The zero-order valence-corrected chi connectivity index (χ0v) is 19.9. The quantitative estimate of drug-likeness (QED) is 0.0910. The lowest BCUT2D eigenvalue weighted by molar-refractivity contribution is -0.485. The highest BCUT2D eigenvalue weighted by atomic mass is 35.5. The van der Waals surface area contributed by atoms with Crippen molar-refractivity contribution in [2.24, 2.45) is 10.8 Å². The molecule has 35 heavy (non-hydrogen) atoms. The number of nitrogens with one attached hydrogen (secondary N) is 3. The van der Waals surface area contributed by atoms with Gasteiger partial charge in [-0.25, -0.2) is 10.1 Å². The number of phenols is 1. The van der Waals surface area contributed by atoms with Gasteiger partial charge in [-0.3, -0.25) is 9.59 Å². The lowest BCUT2D eigenvalue weighted by Crippen LogP contribution is -2.48. The second-order valence-electron chi connectivity index (χ2n) is 7.16. The number of benzene rings is 2. The highest BCUT2D eigenvalue weighted by Crippen LogP contribution is 2.27. The molecule has 188 valence electrons. The Kier molecular flexibility index (Phi) is 10.8. The van der Waals surface area contributed by atoms with Gasteiger partial charge in [0.15, 0.2) is 11.6 Å². The average Bonchev–Trinajstić information content (AvgIpc) is 2.79. The summed E-state index contributed by atoms with van der Waals surface area (Å²) in [6.07, 6.45) is 0.517. The Morgan fingerprint density at radius 1 is 1.17 bits per heavy atom. The van der Waals surface area contributed by atoms with Gasteiger partial charge in [0.2, 0.25) is 5.91 Å². The molecule has 6 N–H and O–H groups in total. The number of hydrogen-bond acceptors (Lipinski definition) is 6. The topological polar surface area (TPSA) is 181 Å². The predicted octanol–water partition coefficient (Wildman–Crippen LogP) is 1.76. The normalized spacial score (nSPS) is 11.9. The number of amides is 2. The summed E-state index contributed by atoms with van der Waals surface area (Å²) < 4.78 is 5.40. The number of nitrogens with two attached hydrogens (primary N) is 1. The first-order valence-electron chi connectivity index (χ1n) is 10.3. The smallest absolute Gasteiger partial charge is 0.266 e. The number of rotatable bonds is 12. The number of halogens is 2. The van der Waals surface area contributed by atoms with Crippen molar-refractivity contribution in [1.29, 1.82) is 0 Å². The van der Waals surface area contributed by atoms with E-state index in [9.17, 15) is 24.8 Å². The van der Waals surface area contributed by atoms with Gasteiger partial charge >= 0.3 is 0 Å². The van der Waals surface area contributed by atoms with Crippen molar-refractivity contribution < 1.29 is 24.5 Å². The van der Waals surface area contributed by atoms with Crippen LogP contribution in [0.25, 0.3) is 0 Å². The first kappa shape index (κ1) is 27.5. The fourth-order valence-corrected chi connectivity index (χ4v) is 3.28. The van der Waals surface area contributed by atoms with Gasteiger partial charge in [0.1, 0.15) is 22.6 Å². The lowest BCUT2D eigenvalue weighted by atomic mass is 10.1. The third kappa shape index (κ3) is 10.4. The highest BCUT2D eigenvalue weighted by Gasteiger charge is 2.21. The maximum atomic E-state index is 12.7. The Morgan fingerprint density at radius 3 is 2.54 bits per heavy atom. The van der Waals surface area contributed by atoms with Crippen molar-refractivity contribution in [3.63, 3.8) is 0 Å². The Bertz CT molecular complexity index is 1070.